The molecule has 1 N–H and O–H groups in total. The van der Waals surface area contributed by atoms with Crippen molar-refractivity contribution in [1.29, 1.82) is 0 Å². The van der Waals surface area contributed by atoms with Crippen molar-refractivity contribution in [3.8, 4) is 0 Å². The summed E-state index contributed by atoms with van der Waals surface area (Å²) >= 11 is 3.25. The first-order chi connectivity index (χ1) is 12.0. The highest BCUT2D eigenvalue weighted by molar-refractivity contribution is 9.10. The van der Waals surface area contributed by atoms with Gasteiger partial charge in [-0.3, -0.25) is 19.4 Å². The predicted octanol–water partition coefficient (Wildman–Crippen LogP) is 2.03. The lowest BCUT2D eigenvalue weighted by molar-refractivity contribution is 0.0791. The van der Waals surface area contributed by atoms with E-state index in [2.05, 4.69) is 26.2 Å². The van der Waals surface area contributed by atoms with Gasteiger partial charge in [0.25, 0.3) is 17.4 Å². The molecule has 1 saturated heterocycles. The number of pyridine rings is 2. The molecule has 8 heteroatoms. The maximum Gasteiger partial charge on any atom is 0.274 e. The predicted molar refractivity (Wildman–Crippen MR) is 96.7 cm³/mol. The molecule has 1 fully saturated rings. The molecule has 1 aliphatic rings. The minimum absolute atomic E-state index is 0.0672. The summed E-state index contributed by atoms with van der Waals surface area (Å²) in [6, 6.07) is 3.04. The van der Waals surface area contributed by atoms with Gasteiger partial charge in [0.2, 0.25) is 0 Å². The lowest BCUT2D eigenvalue weighted by atomic mass is 10.2. The third kappa shape index (κ3) is 3.79. The summed E-state index contributed by atoms with van der Waals surface area (Å²) in [6.07, 6.45) is 6.43. The van der Waals surface area contributed by atoms with Gasteiger partial charge in [0, 0.05) is 43.2 Å². The second-order valence-corrected chi connectivity index (χ2v) is 6.82. The average Bonchev–Trinajstić information content (AvgIpc) is 3.12. The topological polar surface area (TPSA) is 84.3 Å². The van der Waals surface area contributed by atoms with Crippen LogP contribution in [-0.2, 0) is 7.05 Å². The molecular formula is C17H17BrN4O3. The number of aromatic nitrogens is 2. The Morgan fingerprint density at radius 2 is 1.88 bits per heavy atom. The zero-order valence-electron chi connectivity index (χ0n) is 13.7. The third-order valence-corrected chi connectivity index (χ3v) is 4.47. The fourth-order valence-electron chi connectivity index (χ4n) is 2.75. The van der Waals surface area contributed by atoms with Gasteiger partial charge in [-0.15, -0.1) is 0 Å². The minimum atomic E-state index is -0.461. The number of halogens is 1. The van der Waals surface area contributed by atoms with E-state index in [9.17, 15) is 14.4 Å². The van der Waals surface area contributed by atoms with Gasteiger partial charge in [0.05, 0.1) is 11.1 Å². The van der Waals surface area contributed by atoms with Gasteiger partial charge in [-0.05, 0) is 40.9 Å². The zero-order valence-corrected chi connectivity index (χ0v) is 15.2. The van der Waals surface area contributed by atoms with E-state index >= 15 is 0 Å². The third-order valence-electron chi connectivity index (χ3n) is 4.04. The van der Waals surface area contributed by atoms with Crippen molar-refractivity contribution in [2.75, 3.05) is 18.4 Å². The van der Waals surface area contributed by atoms with Crippen molar-refractivity contribution in [1.82, 2.24) is 14.5 Å². The molecule has 0 atom stereocenters. The largest absolute Gasteiger partial charge is 0.339 e. The lowest BCUT2D eigenvalue weighted by Crippen LogP contribution is -2.30. The molecular weight excluding hydrogens is 388 g/mol. The summed E-state index contributed by atoms with van der Waals surface area (Å²) in [6.45, 7) is 1.43. The van der Waals surface area contributed by atoms with Crippen LogP contribution in [0.5, 0.6) is 0 Å². The smallest absolute Gasteiger partial charge is 0.274 e. The first kappa shape index (κ1) is 17.3. The number of rotatable bonds is 3. The minimum Gasteiger partial charge on any atom is -0.339 e. The van der Waals surface area contributed by atoms with E-state index in [0.29, 0.717) is 28.7 Å². The number of hydrogen-bond donors (Lipinski definition) is 1. The Morgan fingerprint density at radius 1 is 1.16 bits per heavy atom. The van der Waals surface area contributed by atoms with Crippen LogP contribution in [0.4, 0.5) is 5.69 Å². The summed E-state index contributed by atoms with van der Waals surface area (Å²) in [4.78, 5) is 42.9. The molecule has 3 heterocycles. The van der Waals surface area contributed by atoms with Gasteiger partial charge in [-0.2, -0.15) is 0 Å². The van der Waals surface area contributed by atoms with E-state index in [1.54, 1.807) is 24.2 Å². The van der Waals surface area contributed by atoms with Crippen molar-refractivity contribution in [2.45, 2.75) is 12.8 Å². The standard InChI is InChI=1S/C17H17BrN4O3/c1-21-10-12(16(24)22-4-2-3-5-22)7-14(17(21)25)20-15(23)11-6-13(18)9-19-8-11/h6-10H,2-5H2,1H3,(H,20,23). The number of likely N-dealkylation sites (tertiary alicyclic amines) is 1. The fourth-order valence-corrected chi connectivity index (χ4v) is 3.12. The average molecular weight is 405 g/mol. The highest BCUT2D eigenvalue weighted by atomic mass is 79.9. The Hall–Kier alpha value is -2.48. The molecule has 0 aromatic carbocycles. The molecule has 3 rings (SSSR count). The number of nitrogens with one attached hydrogen (secondary N) is 1. The van der Waals surface area contributed by atoms with E-state index in [-0.39, 0.29) is 17.2 Å². The van der Waals surface area contributed by atoms with Crippen LogP contribution in [0, 0.1) is 0 Å². The second-order valence-electron chi connectivity index (χ2n) is 5.90. The molecule has 130 valence electrons. The number of carbonyl (C=O) groups excluding carboxylic acids is 2. The van der Waals surface area contributed by atoms with Gasteiger partial charge in [-0.1, -0.05) is 0 Å². The number of hydrogen-bond acceptors (Lipinski definition) is 4. The fraction of sp³-hybridized carbons (Fsp3) is 0.294. The Kier molecular flexibility index (Phi) is 4.98. The van der Waals surface area contributed by atoms with Gasteiger partial charge in [0.1, 0.15) is 5.69 Å². The summed E-state index contributed by atoms with van der Waals surface area (Å²) < 4.78 is 1.96. The van der Waals surface area contributed by atoms with Gasteiger partial charge in [0.15, 0.2) is 0 Å². The maximum atomic E-state index is 12.5. The number of anilines is 1. The number of nitrogens with zero attached hydrogens (tertiary/aromatic N) is 3. The van der Waals surface area contributed by atoms with Gasteiger partial charge in [-0.25, -0.2) is 0 Å². The molecule has 7 nitrogen and oxygen atoms in total. The summed E-state index contributed by atoms with van der Waals surface area (Å²) in [5, 5.41) is 2.58. The molecule has 2 aromatic heterocycles. The molecule has 0 radical (unpaired) electrons. The Bertz CT molecular complexity index is 888. The zero-order chi connectivity index (χ0) is 18.0. The maximum absolute atomic E-state index is 12.5. The van der Waals surface area contributed by atoms with Crippen LogP contribution in [0.15, 0.2) is 40.0 Å². The Morgan fingerprint density at radius 3 is 2.56 bits per heavy atom. The van der Waals surface area contributed by atoms with Crippen molar-refractivity contribution in [2.24, 2.45) is 7.05 Å². The summed E-state index contributed by atoms with van der Waals surface area (Å²) in [5.74, 6) is -0.593. The van der Waals surface area contributed by atoms with Crippen LogP contribution in [0.25, 0.3) is 0 Å². The molecule has 25 heavy (non-hydrogen) atoms. The molecule has 0 aliphatic carbocycles. The van der Waals surface area contributed by atoms with Crippen molar-refractivity contribution >= 4 is 33.4 Å². The van der Waals surface area contributed by atoms with Gasteiger partial charge < -0.3 is 14.8 Å². The molecule has 2 amide bonds. The molecule has 0 unspecified atom stereocenters. The van der Waals surface area contributed by atoms with E-state index in [4.69, 9.17) is 0 Å². The number of amides is 2. The first-order valence-corrected chi connectivity index (χ1v) is 8.67. The second kappa shape index (κ2) is 7.18. The van der Waals surface area contributed by atoms with E-state index in [1.807, 2.05) is 0 Å². The molecule has 2 aromatic rings. The normalized spacial score (nSPS) is 13.8. The van der Waals surface area contributed by atoms with Crippen LogP contribution in [0.2, 0.25) is 0 Å². The molecule has 0 bridgehead atoms. The molecule has 0 saturated carbocycles. The highest BCUT2D eigenvalue weighted by Gasteiger charge is 2.21. The van der Waals surface area contributed by atoms with Crippen LogP contribution >= 0.6 is 15.9 Å². The molecule has 0 spiro atoms. The summed E-state index contributed by atoms with van der Waals surface area (Å²) in [7, 11) is 1.55. The van der Waals surface area contributed by atoms with Crippen LogP contribution in [-0.4, -0.2) is 39.4 Å². The van der Waals surface area contributed by atoms with Crippen molar-refractivity contribution < 1.29 is 9.59 Å². The quantitative estimate of drug-likeness (QED) is 0.847. The van der Waals surface area contributed by atoms with E-state index in [1.165, 1.54) is 23.0 Å². The molecule has 1 aliphatic heterocycles. The number of aryl methyl sites for hydroxylation is 1. The van der Waals surface area contributed by atoms with Gasteiger partial charge >= 0.3 is 0 Å². The Balaban J connectivity index is 1.89. The Labute approximate surface area is 152 Å². The summed E-state index contributed by atoms with van der Waals surface area (Å²) in [5.41, 5.74) is 0.381. The van der Waals surface area contributed by atoms with E-state index in [0.717, 1.165) is 12.8 Å². The van der Waals surface area contributed by atoms with Crippen LogP contribution in [0.1, 0.15) is 33.6 Å². The first-order valence-electron chi connectivity index (χ1n) is 7.87. The monoisotopic (exact) mass is 404 g/mol. The number of carbonyl (C=O) groups is 2. The lowest BCUT2D eigenvalue weighted by Gasteiger charge is -2.16. The van der Waals surface area contributed by atoms with Crippen molar-refractivity contribution in [3.63, 3.8) is 0 Å². The van der Waals surface area contributed by atoms with E-state index < -0.39 is 5.91 Å². The van der Waals surface area contributed by atoms with Crippen LogP contribution < -0.4 is 10.9 Å². The van der Waals surface area contributed by atoms with Crippen molar-refractivity contribution in [3.05, 3.63) is 56.7 Å². The van der Waals surface area contributed by atoms with Crippen LogP contribution in [0.3, 0.4) is 0 Å². The SMILES string of the molecule is Cn1cc(C(=O)N2CCCC2)cc(NC(=O)c2cncc(Br)c2)c1=O. The highest BCUT2D eigenvalue weighted by Crippen LogP contribution is 2.15.